The van der Waals surface area contributed by atoms with Crippen LogP contribution in [0.25, 0.3) is 0 Å². The van der Waals surface area contributed by atoms with Gasteiger partial charge in [-0.25, -0.2) is 0 Å². The van der Waals surface area contributed by atoms with E-state index < -0.39 is 0 Å². The average Bonchev–Trinajstić information content (AvgIpc) is 2.42. The van der Waals surface area contributed by atoms with Crippen LogP contribution in [0.2, 0.25) is 0 Å². The van der Waals surface area contributed by atoms with Crippen molar-refractivity contribution in [2.75, 3.05) is 26.7 Å². The Labute approximate surface area is 119 Å². The first-order valence-electron chi connectivity index (χ1n) is 8.14. The molecule has 1 rings (SSSR count). The number of hydrogen-bond donors (Lipinski definition) is 2. The molecule has 1 saturated carbocycles. The lowest BCUT2D eigenvalue weighted by Crippen LogP contribution is -2.46. The minimum absolute atomic E-state index is 0.306. The zero-order valence-corrected chi connectivity index (χ0v) is 13.4. The standard InChI is InChI=1S/C16H34N2O/c1-5-14-7-8-16(17-4)15(11-14)12-18(13(2)3)9-6-10-19/h13-17,19H,5-12H2,1-4H3. The van der Waals surface area contributed by atoms with Crippen LogP contribution >= 0.6 is 0 Å². The van der Waals surface area contributed by atoms with Gasteiger partial charge < -0.3 is 15.3 Å². The molecule has 3 atom stereocenters. The highest BCUT2D eigenvalue weighted by Gasteiger charge is 2.30. The van der Waals surface area contributed by atoms with Crippen molar-refractivity contribution < 1.29 is 5.11 Å². The molecule has 0 aromatic carbocycles. The van der Waals surface area contributed by atoms with Gasteiger partial charge in [-0.05, 0) is 58.4 Å². The van der Waals surface area contributed by atoms with Gasteiger partial charge in [-0.3, -0.25) is 0 Å². The van der Waals surface area contributed by atoms with Crippen LogP contribution in [0.1, 0.15) is 52.9 Å². The molecule has 114 valence electrons. The largest absolute Gasteiger partial charge is 0.396 e. The van der Waals surface area contributed by atoms with E-state index in [1.165, 1.54) is 32.2 Å². The predicted octanol–water partition coefficient (Wildman–Crippen LogP) is 2.49. The highest BCUT2D eigenvalue weighted by atomic mass is 16.3. The summed E-state index contributed by atoms with van der Waals surface area (Å²) in [6.45, 7) is 9.38. The lowest BCUT2D eigenvalue weighted by molar-refractivity contribution is 0.114. The summed E-state index contributed by atoms with van der Waals surface area (Å²) in [7, 11) is 2.11. The van der Waals surface area contributed by atoms with Crippen LogP contribution in [0.5, 0.6) is 0 Å². The molecule has 0 saturated heterocycles. The Morgan fingerprint density at radius 3 is 2.58 bits per heavy atom. The third-order valence-corrected chi connectivity index (χ3v) is 4.84. The Morgan fingerprint density at radius 2 is 2.05 bits per heavy atom. The molecule has 1 fully saturated rings. The molecule has 2 N–H and O–H groups in total. The maximum absolute atomic E-state index is 9.04. The molecule has 0 aliphatic heterocycles. The fourth-order valence-corrected chi connectivity index (χ4v) is 3.45. The van der Waals surface area contributed by atoms with E-state index in [0.717, 1.165) is 24.8 Å². The highest BCUT2D eigenvalue weighted by Crippen LogP contribution is 2.32. The molecule has 19 heavy (non-hydrogen) atoms. The van der Waals surface area contributed by atoms with E-state index in [2.05, 4.69) is 38.0 Å². The van der Waals surface area contributed by atoms with E-state index in [1.807, 2.05) is 0 Å². The highest BCUT2D eigenvalue weighted by molar-refractivity contribution is 4.86. The van der Waals surface area contributed by atoms with E-state index in [9.17, 15) is 0 Å². The minimum atomic E-state index is 0.306. The van der Waals surface area contributed by atoms with Crippen molar-refractivity contribution >= 4 is 0 Å². The summed E-state index contributed by atoms with van der Waals surface area (Å²) in [5, 5.41) is 12.6. The van der Waals surface area contributed by atoms with Crippen LogP contribution < -0.4 is 5.32 Å². The van der Waals surface area contributed by atoms with Gasteiger partial charge in [-0.2, -0.15) is 0 Å². The van der Waals surface area contributed by atoms with Crippen LogP contribution in [0, 0.1) is 11.8 Å². The molecule has 0 heterocycles. The maximum atomic E-state index is 9.04. The van der Waals surface area contributed by atoms with Crippen molar-refractivity contribution in [1.82, 2.24) is 10.2 Å². The number of aliphatic hydroxyl groups excluding tert-OH is 1. The Balaban J connectivity index is 2.56. The van der Waals surface area contributed by atoms with Crippen LogP contribution in [-0.2, 0) is 0 Å². The van der Waals surface area contributed by atoms with Crippen molar-refractivity contribution in [1.29, 1.82) is 0 Å². The molecular formula is C16H34N2O. The summed E-state index contributed by atoms with van der Waals surface area (Å²) in [4.78, 5) is 2.54. The van der Waals surface area contributed by atoms with Crippen molar-refractivity contribution in [3.63, 3.8) is 0 Å². The van der Waals surface area contributed by atoms with Crippen LogP contribution in [0.15, 0.2) is 0 Å². The molecule has 1 aliphatic rings. The number of nitrogens with one attached hydrogen (secondary N) is 1. The summed E-state index contributed by atoms with van der Waals surface area (Å²) < 4.78 is 0. The molecule has 0 amide bonds. The fraction of sp³-hybridized carbons (Fsp3) is 1.00. The van der Waals surface area contributed by atoms with Crippen LogP contribution in [0.3, 0.4) is 0 Å². The van der Waals surface area contributed by atoms with Gasteiger partial charge in [0.1, 0.15) is 0 Å². The first-order chi connectivity index (χ1) is 9.12. The van der Waals surface area contributed by atoms with Gasteiger partial charge in [-0.1, -0.05) is 13.3 Å². The number of nitrogens with zero attached hydrogens (tertiary/aromatic N) is 1. The summed E-state index contributed by atoms with van der Waals surface area (Å²) in [5.74, 6) is 1.69. The molecule has 3 unspecified atom stereocenters. The summed E-state index contributed by atoms with van der Waals surface area (Å²) >= 11 is 0. The Hall–Kier alpha value is -0.120. The summed E-state index contributed by atoms with van der Waals surface area (Å²) in [5.41, 5.74) is 0. The summed E-state index contributed by atoms with van der Waals surface area (Å²) in [6, 6.07) is 1.25. The van der Waals surface area contributed by atoms with Gasteiger partial charge in [-0.15, -0.1) is 0 Å². The second kappa shape index (κ2) is 8.93. The zero-order chi connectivity index (χ0) is 14.3. The van der Waals surface area contributed by atoms with Crippen LogP contribution in [-0.4, -0.2) is 48.8 Å². The minimum Gasteiger partial charge on any atom is -0.396 e. The van der Waals surface area contributed by atoms with E-state index in [-0.39, 0.29) is 0 Å². The van der Waals surface area contributed by atoms with Gasteiger partial charge in [0, 0.05) is 31.8 Å². The molecule has 1 aliphatic carbocycles. The molecular weight excluding hydrogens is 236 g/mol. The molecule has 0 aromatic rings. The molecule has 0 aromatic heterocycles. The fourth-order valence-electron chi connectivity index (χ4n) is 3.45. The van der Waals surface area contributed by atoms with Crippen molar-refractivity contribution in [3.8, 4) is 0 Å². The Morgan fingerprint density at radius 1 is 1.32 bits per heavy atom. The predicted molar refractivity (Wildman–Crippen MR) is 82.4 cm³/mol. The number of hydrogen-bond acceptors (Lipinski definition) is 3. The first kappa shape index (κ1) is 16.9. The lowest BCUT2D eigenvalue weighted by Gasteiger charge is -2.40. The van der Waals surface area contributed by atoms with Crippen molar-refractivity contribution in [2.45, 2.75) is 65.0 Å². The third-order valence-electron chi connectivity index (χ3n) is 4.84. The quantitative estimate of drug-likeness (QED) is 0.711. The van der Waals surface area contributed by atoms with E-state index in [4.69, 9.17) is 5.11 Å². The molecule has 0 radical (unpaired) electrons. The monoisotopic (exact) mass is 270 g/mol. The molecule has 0 spiro atoms. The van der Waals surface area contributed by atoms with E-state index in [0.29, 0.717) is 18.7 Å². The first-order valence-corrected chi connectivity index (χ1v) is 8.14. The third kappa shape index (κ3) is 5.41. The topological polar surface area (TPSA) is 35.5 Å². The molecule has 3 nitrogen and oxygen atoms in total. The van der Waals surface area contributed by atoms with Gasteiger partial charge in [0.15, 0.2) is 0 Å². The van der Waals surface area contributed by atoms with Gasteiger partial charge >= 0.3 is 0 Å². The van der Waals surface area contributed by atoms with E-state index >= 15 is 0 Å². The second-order valence-electron chi connectivity index (χ2n) is 6.41. The maximum Gasteiger partial charge on any atom is 0.0443 e. The number of rotatable bonds is 8. The Kier molecular flexibility index (Phi) is 7.96. The lowest BCUT2D eigenvalue weighted by atomic mass is 9.76. The normalized spacial score (nSPS) is 28.3. The summed E-state index contributed by atoms with van der Waals surface area (Å²) in [6.07, 6.45) is 6.30. The van der Waals surface area contributed by atoms with E-state index in [1.54, 1.807) is 0 Å². The average molecular weight is 270 g/mol. The zero-order valence-electron chi connectivity index (χ0n) is 13.4. The van der Waals surface area contributed by atoms with Crippen molar-refractivity contribution in [2.24, 2.45) is 11.8 Å². The molecule has 3 heteroatoms. The van der Waals surface area contributed by atoms with Gasteiger partial charge in [0.25, 0.3) is 0 Å². The molecule has 0 bridgehead atoms. The second-order valence-corrected chi connectivity index (χ2v) is 6.41. The SMILES string of the molecule is CCC1CCC(NC)C(CN(CCCO)C(C)C)C1. The Bertz CT molecular complexity index is 233. The van der Waals surface area contributed by atoms with Crippen LogP contribution in [0.4, 0.5) is 0 Å². The smallest absolute Gasteiger partial charge is 0.0443 e. The van der Waals surface area contributed by atoms with Crippen molar-refractivity contribution in [3.05, 3.63) is 0 Å². The van der Waals surface area contributed by atoms with Gasteiger partial charge in [0.05, 0.1) is 0 Å². The van der Waals surface area contributed by atoms with Gasteiger partial charge in [0.2, 0.25) is 0 Å². The number of aliphatic hydroxyl groups is 1.